The van der Waals surface area contributed by atoms with Gasteiger partial charge in [0.15, 0.2) is 6.29 Å². The molecule has 5 heterocycles. The topological polar surface area (TPSA) is 171 Å². The van der Waals surface area contributed by atoms with E-state index in [2.05, 4.69) is 5.32 Å². The SMILES string of the molecule is C[C@H]1C(O)O[C@H](CNC(=S)c2ccc(CC3CN4CCN5CCN3CC(=O)O[C@H](OC(=O)C5)OC(=O)C4)cc2)[C@@H](O)[C@@H]1O. The first-order chi connectivity index (χ1) is 20.5. The zero-order valence-corrected chi connectivity index (χ0v) is 24.7. The van der Waals surface area contributed by atoms with Crippen molar-refractivity contribution in [3.05, 3.63) is 35.4 Å². The van der Waals surface area contributed by atoms with Crippen LogP contribution in [-0.2, 0) is 39.8 Å². The molecule has 14 nitrogen and oxygen atoms in total. The van der Waals surface area contributed by atoms with Crippen LogP contribution in [0.1, 0.15) is 18.1 Å². The number of nitrogens with one attached hydrogen (secondary N) is 1. The van der Waals surface area contributed by atoms with Gasteiger partial charge in [0.1, 0.15) is 17.2 Å². The van der Waals surface area contributed by atoms with E-state index in [0.717, 1.165) is 11.1 Å². The first-order valence-corrected chi connectivity index (χ1v) is 14.8. The number of aliphatic hydroxyl groups is 3. The number of esters is 3. The maximum absolute atomic E-state index is 12.8. The molecule has 4 bridgehead atoms. The Bertz CT molecular complexity index is 1190. The molecule has 5 fully saturated rings. The quantitative estimate of drug-likeness (QED) is 0.206. The van der Waals surface area contributed by atoms with Crippen LogP contribution >= 0.6 is 12.2 Å². The number of nitrogens with zero attached hydrogens (tertiary/aromatic N) is 3. The molecule has 5 unspecified atom stereocenters. The highest BCUT2D eigenvalue weighted by Gasteiger charge is 2.41. The molecule has 0 spiro atoms. The van der Waals surface area contributed by atoms with Crippen molar-refractivity contribution in [1.82, 2.24) is 20.0 Å². The second-order valence-corrected chi connectivity index (χ2v) is 11.8. The second kappa shape index (κ2) is 13.9. The Labute approximate surface area is 254 Å². The van der Waals surface area contributed by atoms with Crippen LogP contribution in [0.2, 0.25) is 0 Å². The maximum Gasteiger partial charge on any atom is 0.412 e. The van der Waals surface area contributed by atoms with Gasteiger partial charge in [0.2, 0.25) is 0 Å². The fraction of sp³-hybridized carbons (Fsp3) is 0.643. The Balaban J connectivity index is 1.28. The van der Waals surface area contributed by atoms with Crippen molar-refractivity contribution in [3.8, 4) is 0 Å². The van der Waals surface area contributed by atoms with E-state index in [-0.39, 0.29) is 32.2 Å². The fourth-order valence-electron chi connectivity index (χ4n) is 5.70. The molecule has 10 atom stereocenters. The number of fused-ring (bicyclic) bond motifs is 9. The van der Waals surface area contributed by atoms with Crippen LogP contribution < -0.4 is 5.32 Å². The lowest BCUT2D eigenvalue weighted by atomic mass is 9.92. The van der Waals surface area contributed by atoms with Crippen molar-refractivity contribution < 1.29 is 48.7 Å². The number of carbonyl (C=O) groups is 3. The molecule has 0 radical (unpaired) electrons. The number of benzene rings is 1. The molecule has 0 aliphatic carbocycles. The van der Waals surface area contributed by atoms with E-state index in [1.54, 1.807) is 6.92 Å². The van der Waals surface area contributed by atoms with Gasteiger partial charge < -0.3 is 39.6 Å². The molecular formula is C28H38N4O10S. The number of aliphatic hydroxyl groups excluding tert-OH is 3. The van der Waals surface area contributed by atoms with Crippen LogP contribution in [0.4, 0.5) is 0 Å². The lowest BCUT2D eigenvalue weighted by Gasteiger charge is -2.39. The highest BCUT2D eigenvalue weighted by atomic mass is 32.1. The molecule has 1 aromatic carbocycles. The van der Waals surface area contributed by atoms with Crippen LogP contribution in [0.3, 0.4) is 0 Å². The van der Waals surface area contributed by atoms with E-state index in [9.17, 15) is 29.7 Å². The van der Waals surface area contributed by atoms with E-state index in [4.69, 9.17) is 31.2 Å². The molecule has 43 heavy (non-hydrogen) atoms. The molecule has 1 aromatic rings. The summed E-state index contributed by atoms with van der Waals surface area (Å²) in [4.78, 5) is 44.2. The van der Waals surface area contributed by atoms with Crippen molar-refractivity contribution in [2.24, 2.45) is 5.92 Å². The number of ether oxygens (including phenoxy) is 4. The summed E-state index contributed by atoms with van der Waals surface area (Å²) in [6.45, 7) is 2.43. The summed E-state index contributed by atoms with van der Waals surface area (Å²) in [5.41, 5.74) is 1.71. The smallest absolute Gasteiger partial charge is 0.390 e. The number of carbonyl (C=O) groups excluding carboxylic acids is 3. The Kier molecular flexibility index (Phi) is 10.2. The van der Waals surface area contributed by atoms with Crippen LogP contribution in [0, 0.1) is 5.92 Å². The lowest BCUT2D eigenvalue weighted by molar-refractivity contribution is -0.258. The zero-order valence-electron chi connectivity index (χ0n) is 23.9. The summed E-state index contributed by atoms with van der Waals surface area (Å²) in [5.74, 6) is -2.56. The molecule has 5 aliphatic rings. The zero-order chi connectivity index (χ0) is 30.7. The van der Waals surface area contributed by atoms with E-state index in [1.807, 2.05) is 39.0 Å². The number of rotatable bonds is 5. The van der Waals surface area contributed by atoms with Crippen molar-refractivity contribution >= 4 is 35.1 Å². The third kappa shape index (κ3) is 8.05. The molecule has 0 saturated carbocycles. The molecule has 15 heteroatoms. The second-order valence-electron chi connectivity index (χ2n) is 11.4. The van der Waals surface area contributed by atoms with E-state index < -0.39 is 54.9 Å². The Morgan fingerprint density at radius 3 is 2.19 bits per heavy atom. The molecule has 5 saturated heterocycles. The van der Waals surface area contributed by atoms with Crippen molar-refractivity contribution in [2.75, 3.05) is 58.9 Å². The Morgan fingerprint density at radius 1 is 0.884 bits per heavy atom. The van der Waals surface area contributed by atoms with Gasteiger partial charge in [-0.1, -0.05) is 43.4 Å². The highest BCUT2D eigenvalue weighted by molar-refractivity contribution is 7.80. The standard InChI is InChI=1S/C28H38N4O10S/c1-16-24(36)25(37)20(39-27(16)38)11-29-26(43)18-4-2-17(3-5-18)10-19-12-31-7-6-30-8-9-32(19)15-23(35)42-28(40-21(33)13-30)41-22(34)14-31/h2-5,16,19-20,24-25,27-28,36-38H,6-15H2,1H3,(H,29,43)/t16-,19?,20-,24-,25-,27?,28-/m1/s1. The van der Waals surface area contributed by atoms with Gasteiger partial charge in [-0.15, -0.1) is 0 Å². The molecule has 236 valence electrons. The number of hydrogen-bond acceptors (Lipinski definition) is 14. The van der Waals surface area contributed by atoms with Gasteiger partial charge in [-0.2, -0.15) is 0 Å². The Hall–Kier alpha value is -2.76. The van der Waals surface area contributed by atoms with Gasteiger partial charge in [0, 0.05) is 56.8 Å². The van der Waals surface area contributed by atoms with Crippen LogP contribution in [-0.4, -0.2) is 149 Å². The molecule has 5 aliphatic heterocycles. The molecule has 0 amide bonds. The first-order valence-electron chi connectivity index (χ1n) is 14.4. The molecular weight excluding hydrogens is 584 g/mol. The average molecular weight is 623 g/mol. The summed E-state index contributed by atoms with van der Waals surface area (Å²) in [5, 5.41) is 33.5. The van der Waals surface area contributed by atoms with Gasteiger partial charge in [-0.3, -0.25) is 29.1 Å². The third-order valence-electron chi connectivity index (χ3n) is 8.33. The molecule has 6 rings (SSSR count). The van der Waals surface area contributed by atoms with Gasteiger partial charge in [0.05, 0.1) is 25.7 Å². The van der Waals surface area contributed by atoms with E-state index >= 15 is 0 Å². The monoisotopic (exact) mass is 622 g/mol. The van der Waals surface area contributed by atoms with Gasteiger partial charge in [-0.25, -0.2) is 0 Å². The lowest BCUT2D eigenvalue weighted by Crippen LogP contribution is -2.56. The molecule has 0 aromatic heterocycles. The van der Waals surface area contributed by atoms with Gasteiger partial charge in [-0.05, 0) is 12.0 Å². The number of hydrogen-bond donors (Lipinski definition) is 4. The summed E-state index contributed by atoms with van der Waals surface area (Å²) >= 11 is 5.53. The van der Waals surface area contributed by atoms with Crippen LogP contribution in [0.5, 0.6) is 0 Å². The molecule has 4 N–H and O–H groups in total. The predicted molar refractivity (Wildman–Crippen MR) is 152 cm³/mol. The fourth-order valence-corrected chi connectivity index (χ4v) is 5.92. The van der Waals surface area contributed by atoms with E-state index in [1.165, 1.54) is 0 Å². The van der Waals surface area contributed by atoms with Crippen LogP contribution in [0.25, 0.3) is 0 Å². The maximum atomic E-state index is 12.8. The third-order valence-corrected chi connectivity index (χ3v) is 8.71. The normalized spacial score (nSPS) is 37.0. The van der Waals surface area contributed by atoms with Gasteiger partial charge >= 0.3 is 24.4 Å². The minimum atomic E-state index is -1.72. The van der Waals surface area contributed by atoms with Crippen molar-refractivity contribution in [3.63, 3.8) is 0 Å². The minimum Gasteiger partial charge on any atom is -0.390 e. The van der Waals surface area contributed by atoms with Gasteiger partial charge in [0.25, 0.3) is 0 Å². The van der Waals surface area contributed by atoms with Crippen molar-refractivity contribution in [1.29, 1.82) is 0 Å². The minimum absolute atomic E-state index is 0.0144. The first kappa shape index (κ1) is 31.7. The summed E-state index contributed by atoms with van der Waals surface area (Å²) in [6.07, 6.45) is -3.75. The number of thiocarbonyl (C=S) groups is 1. The van der Waals surface area contributed by atoms with Crippen LogP contribution in [0.15, 0.2) is 24.3 Å². The summed E-state index contributed by atoms with van der Waals surface area (Å²) in [7, 11) is 0. The summed E-state index contributed by atoms with van der Waals surface area (Å²) in [6, 6.07) is 7.45. The highest BCUT2D eigenvalue weighted by Crippen LogP contribution is 2.24. The largest absolute Gasteiger partial charge is 0.412 e. The predicted octanol–water partition coefficient (Wildman–Crippen LogP) is -2.20. The van der Waals surface area contributed by atoms with E-state index in [0.29, 0.717) is 44.1 Å². The average Bonchev–Trinajstić information content (AvgIpc) is 2.98. The summed E-state index contributed by atoms with van der Waals surface area (Å²) < 4.78 is 21.0. The van der Waals surface area contributed by atoms with Crippen molar-refractivity contribution in [2.45, 2.75) is 50.5 Å². The Morgan fingerprint density at radius 2 is 1.49 bits per heavy atom.